The molecule has 8 heteroatoms. The minimum Gasteiger partial charge on any atom is -0.352 e. The molecule has 0 atom stereocenters. The highest BCUT2D eigenvalue weighted by molar-refractivity contribution is 7.92. The van der Waals surface area contributed by atoms with Crippen LogP contribution >= 0.6 is 11.6 Å². The molecule has 2 aromatic rings. The molecule has 0 bridgehead atoms. The molecular formula is C23H30ClN3O3S. The molecule has 1 saturated heterocycles. The van der Waals surface area contributed by atoms with E-state index in [9.17, 15) is 13.2 Å². The SMILES string of the molecule is Cc1ccc(NS(=O)(=O)c2cc(C(=O)NCCCN3CCCCC3)ccc2Cl)c(C)c1. The number of amides is 1. The summed E-state index contributed by atoms with van der Waals surface area (Å²) in [4.78, 5) is 14.9. The highest BCUT2D eigenvalue weighted by atomic mass is 35.5. The first-order chi connectivity index (χ1) is 14.8. The fraction of sp³-hybridized carbons (Fsp3) is 0.435. The molecule has 2 aromatic carbocycles. The third-order valence-corrected chi connectivity index (χ3v) is 7.34. The summed E-state index contributed by atoms with van der Waals surface area (Å²) in [6, 6.07) is 9.76. The molecular weight excluding hydrogens is 434 g/mol. The Morgan fingerprint density at radius 1 is 1.06 bits per heavy atom. The number of sulfonamides is 1. The van der Waals surface area contributed by atoms with Gasteiger partial charge in [0.1, 0.15) is 4.90 Å². The van der Waals surface area contributed by atoms with Crippen LogP contribution in [0.1, 0.15) is 47.2 Å². The quantitative estimate of drug-likeness (QED) is 0.570. The zero-order valence-corrected chi connectivity index (χ0v) is 19.7. The van der Waals surface area contributed by atoms with E-state index in [4.69, 9.17) is 11.6 Å². The number of nitrogens with one attached hydrogen (secondary N) is 2. The van der Waals surface area contributed by atoms with Crippen molar-refractivity contribution in [1.29, 1.82) is 0 Å². The molecule has 0 aromatic heterocycles. The topological polar surface area (TPSA) is 78.5 Å². The van der Waals surface area contributed by atoms with Crippen molar-refractivity contribution in [3.05, 3.63) is 58.1 Å². The molecule has 6 nitrogen and oxygen atoms in total. The van der Waals surface area contributed by atoms with Crippen LogP contribution in [0.5, 0.6) is 0 Å². The lowest BCUT2D eigenvalue weighted by Gasteiger charge is -2.26. The maximum atomic E-state index is 12.9. The van der Waals surface area contributed by atoms with E-state index in [1.165, 1.54) is 31.4 Å². The van der Waals surface area contributed by atoms with Crippen molar-refractivity contribution in [2.24, 2.45) is 0 Å². The normalized spacial score (nSPS) is 14.9. The maximum Gasteiger partial charge on any atom is 0.263 e. The summed E-state index contributed by atoms with van der Waals surface area (Å²) in [5.74, 6) is -0.307. The lowest BCUT2D eigenvalue weighted by atomic mass is 10.1. The third-order valence-electron chi connectivity index (χ3n) is 5.49. The van der Waals surface area contributed by atoms with Crippen LogP contribution < -0.4 is 10.0 Å². The second-order valence-electron chi connectivity index (χ2n) is 8.08. The average Bonchev–Trinajstić information content (AvgIpc) is 2.74. The van der Waals surface area contributed by atoms with Gasteiger partial charge in [0.15, 0.2) is 0 Å². The zero-order valence-electron chi connectivity index (χ0n) is 18.1. The van der Waals surface area contributed by atoms with Gasteiger partial charge in [-0.05, 0) is 82.6 Å². The fourth-order valence-corrected chi connectivity index (χ4v) is 5.43. The van der Waals surface area contributed by atoms with Crippen molar-refractivity contribution < 1.29 is 13.2 Å². The molecule has 0 radical (unpaired) electrons. The third kappa shape index (κ3) is 6.45. The molecule has 1 heterocycles. The van der Waals surface area contributed by atoms with Crippen molar-refractivity contribution in [3.8, 4) is 0 Å². The Kier molecular flexibility index (Phi) is 7.97. The summed E-state index contributed by atoms with van der Waals surface area (Å²) < 4.78 is 28.5. The van der Waals surface area contributed by atoms with E-state index in [1.807, 2.05) is 26.0 Å². The molecule has 3 rings (SSSR count). The van der Waals surface area contributed by atoms with Crippen LogP contribution in [0.4, 0.5) is 5.69 Å². The summed E-state index contributed by atoms with van der Waals surface area (Å²) in [5, 5.41) is 2.95. The van der Waals surface area contributed by atoms with Gasteiger partial charge in [-0.25, -0.2) is 8.42 Å². The first kappa shape index (κ1) is 23.6. The number of piperidine rings is 1. The van der Waals surface area contributed by atoms with Crippen LogP contribution in [-0.2, 0) is 10.0 Å². The summed E-state index contributed by atoms with van der Waals surface area (Å²) in [5.41, 5.74) is 2.59. The van der Waals surface area contributed by atoms with Crippen molar-refractivity contribution in [2.45, 2.75) is 44.4 Å². The minimum absolute atomic E-state index is 0.0684. The first-order valence-electron chi connectivity index (χ1n) is 10.7. The lowest BCUT2D eigenvalue weighted by Crippen LogP contribution is -2.33. The van der Waals surface area contributed by atoms with Crippen molar-refractivity contribution >= 4 is 33.2 Å². The molecule has 1 aliphatic rings. The largest absolute Gasteiger partial charge is 0.352 e. The number of benzene rings is 2. The van der Waals surface area contributed by atoms with E-state index in [0.29, 0.717) is 12.2 Å². The Morgan fingerprint density at radius 2 is 1.81 bits per heavy atom. The number of hydrogen-bond acceptors (Lipinski definition) is 4. The molecule has 1 aliphatic heterocycles. The molecule has 0 aliphatic carbocycles. The molecule has 0 unspecified atom stereocenters. The lowest BCUT2D eigenvalue weighted by molar-refractivity contribution is 0.0951. The van der Waals surface area contributed by atoms with Gasteiger partial charge in [-0.15, -0.1) is 0 Å². The number of anilines is 1. The maximum absolute atomic E-state index is 12.9. The number of rotatable bonds is 8. The van der Waals surface area contributed by atoms with Crippen molar-refractivity contribution in [1.82, 2.24) is 10.2 Å². The minimum atomic E-state index is -3.94. The number of nitrogens with zero attached hydrogens (tertiary/aromatic N) is 1. The molecule has 168 valence electrons. The summed E-state index contributed by atoms with van der Waals surface area (Å²) in [6.07, 6.45) is 4.64. The first-order valence-corrected chi connectivity index (χ1v) is 12.5. The van der Waals surface area contributed by atoms with Gasteiger partial charge < -0.3 is 10.2 Å². The van der Waals surface area contributed by atoms with Crippen molar-refractivity contribution in [3.63, 3.8) is 0 Å². The number of likely N-dealkylation sites (tertiary alicyclic amines) is 1. The molecule has 0 spiro atoms. The van der Waals surface area contributed by atoms with E-state index in [1.54, 1.807) is 12.1 Å². The van der Waals surface area contributed by atoms with Gasteiger partial charge in [-0.2, -0.15) is 0 Å². The standard InChI is InChI=1S/C23H30ClN3O3S/c1-17-7-10-21(18(2)15-17)26-31(29,30)22-16-19(8-9-20(22)24)23(28)25-11-6-14-27-12-4-3-5-13-27/h7-10,15-16,26H,3-6,11-14H2,1-2H3,(H,25,28). The average molecular weight is 464 g/mol. The van der Waals surface area contributed by atoms with Crippen LogP contribution in [0.3, 0.4) is 0 Å². The number of halogens is 1. The highest BCUT2D eigenvalue weighted by Gasteiger charge is 2.21. The van der Waals surface area contributed by atoms with Gasteiger partial charge in [0.05, 0.1) is 10.7 Å². The van der Waals surface area contributed by atoms with Crippen molar-refractivity contribution in [2.75, 3.05) is 30.9 Å². The Bertz CT molecular complexity index is 1030. The van der Waals surface area contributed by atoms with Gasteiger partial charge in [-0.1, -0.05) is 35.7 Å². The second-order valence-corrected chi connectivity index (χ2v) is 10.1. The number of carbonyl (C=O) groups excluding carboxylic acids is 1. The van der Waals surface area contributed by atoms with Crippen LogP contribution in [0.15, 0.2) is 41.3 Å². The zero-order chi connectivity index (χ0) is 22.4. The number of aryl methyl sites for hydroxylation is 2. The Labute approximate surface area is 190 Å². The summed E-state index contributed by atoms with van der Waals surface area (Å²) >= 11 is 6.17. The van der Waals surface area contributed by atoms with Gasteiger partial charge in [0.2, 0.25) is 0 Å². The Balaban J connectivity index is 1.65. The Morgan fingerprint density at radius 3 is 2.52 bits per heavy atom. The van der Waals surface area contributed by atoms with Crippen LogP contribution in [0, 0.1) is 13.8 Å². The Hall–Kier alpha value is -2.09. The predicted octanol–water partition coefficient (Wildman–Crippen LogP) is 4.36. The molecule has 1 fully saturated rings. The molecule has 1 amide bonds. The molecule has 2 N–H and O–H groups in total. The highest BCUT2D eigenvalue weighted by Crippen LogP contribution is 2.26. The molecule has 0 saturated carbocycles. The van der Waals surface area contributed by atoms with Crippen LogP contribution in [-0.4, -0.2) is 45.4 Å². The van der Waals surface area contributed by atoms with Crippen LogP contribution in [0.25, 0.3) is 0 Å². The van der Waals surface area contributed by atoms with E-state index in [-0.39, 0.29) is 21.4 Å². The summed E-state index contributed by atoms with van der Waals surface area (Å²) in [6.45, 7) is 7.53. The fourth-order valence-electron chi connectivity index (χ4n) is 3.77. The van der Waals surface area contributed by atoms with Gasteiger partial charge >= 0.3 is 0 Å². The number of carbonyl (C=O) groups is 1. The number of hydrogen-bond donors (Lipinski definition) is 2. The van der Waals surface area contributed by atoms with Gasteiger partial charge in [0, 0.05) is 12.1 Å². The molecule has 31 heavy (non-hydrogen) atoms. The van der Waals surface area contributed by atoms with Gasteiger partial charge in [0.25, 0.3) is 15.9 Å². The van der Waals surface area contributed by atoms with Gasteiger partial charge in [-0.3, -0.25) is 9.52 Å². The summed E-state index contributed by atoms with van der Waals surface area (Å²) in [7, 11) is -3.94. The van der Waals surface area contributed by atoms with E-state index in [0.717, 1.165) is 37.2 Å². The van der Waals surface area contributed by atoms with E-state index >= 15 is 0 Å². The monoisotopic (exact) mass is 463 g/mol. The second kappa shape index (κ2) is 10.5. The van der Waals surface area contributed by atoms with E-state index in [2.05, 4.69) is 14.9 Å². The smallest absolute Gasteiger partial charge is 0.263 e. The predicted molar refractivity (Wildman–Crippen MR) is 125 cm³/mol. The van der Waals surface area contributed by atoms with E-state index < -0.39 is 10.0 Å². The van der Waals surface area contributed by atoms with Crippen LogP contribution in [0.2, 0.25) is 5.02 Å².